The standard InChI is InChI=1S/C50H32N4/c1-3-13-33(14-4-1)35-23-25-37(26-24-35)48-41-18-7-10-20-43(41)51-50(52-48)54-44-21-11-8-17-39(44)40-31-32-46-47(49(40)54)42-19-9-12-22-45(42)53(46)38-29-27-36(28-30-38)34-15-5-2-6-16-34/h1-32H. The van der Waals surface area contributed by atoms with Crippen LogP contribution in [0.5, 0.6) is 0 Å². The molecule has 0 aliphatic carbocycles. The quantitative estimate of drug-likeness (QED) is 0.180. The van der Waals surface area contributed by atoms with Crippen molar-refractivity contribution in [1.29, 1.82) is 0 Å². The molecule has 11 rings (SSSR count). The van der Waals surface area contributed by atoms with E-state index >= 15 is 0 Å². The number of nitrogens with zero attached hydrogens (tertiary/aromatic N) is 4. The summed E-state index contributed by atoms with van der Waals surface area (Å²) in [6.45, 7) is 0. The van der Waals surface area contributed by atoms with E-state index < -0.39 is 0 Å². The van der Waals surface area contributed by atoms with E-state index in [-0.39, 0.29) is 0 Å². The maximum Gasteiger partial charge on any atom is 0.235 e. The van der Waals surface area contributed by atoms with Gasteiger partial charge >= 0.3 is 0 Å². The van der Waals surface area contributed by atoms with Crippen molar-refractivity contribution < 1.29 is 0 Å². The average molecular weight is 689 g/mol. The van der Waals surface area contributed by atoms with E-state index in [1.807, 2.05) is 0 Å². The molecule has 252 valence electrons. The third-order valence-electron chi connectivity index (χ3n) is 10.8. The van der Waals surface area contributed by atoms with Crippen molar-refractivity contribution >= 4 is 54.5 Å². The fraction of sp³-hybridized carbons (Fsp3) is 0. The van der Waals surface area contributed by atoms with Gasteiger partial charge in [0.15, 0.2) is 0 Å². The number of hydrogen-bond donors (Lipinski definition) is 0. The van der Waals surface area contributed by atoms with E-state index in [0.717, 1.165) is 49.9 Å². The average Bonchev–Trinajstić information content (AvgIpc) is 3.77. The number of fused-ring (bicyclic) bond motifs is 8. The molecule has 3 heterocycles. The molecule has 0 spiro atoms. The highest BCUT2D eigenvalue weighted by Gasteiger charge is 2.23. The first kappa shape index (κ1) is 30.3. The first-order valence-electron chi connectivity index (χ1n) is 18.3. The van der Waals surface area contributed by atoms with Gasteiger partial charge in [-0.15, -0.1) is 0 Å². The zero-order valence-corrected chi connectivity index (χ0v) is 29.3. The summed E-state index contributed by atoms with van der Waals surface area (Å²) in [5.74, 6) is 0.651. The molecule has 0 amide bonds. The van der Waals surface area contributed by atoms with Crippen LogP contribution in [0, 0.1) is 0 Å². The Morgan fingerprint density at radius 3 is 1.52 bits per heavy atom. The minimum absolute atomic E-state index is 0.651. The fourth-order valence-corrected chi connectivity index (χ4v) is 8.26. The molecule has 0 aliphatic rings. The topological polar surface area (TPSA) is 35.6 Å². The van der Waals surface area contributed by atoms with Crippen LogP contribution in [0.15, 0.2) is 194 Å². The van der Waals surface area contributed by atoms with Crippen LogP contribution in [0.2, 0.25) is 0 Å². The molecule has 0 aliphatic heterocycles. The fourth-order valence-electron chi connectivity index (χ4n) is 8.26. The van der Waals surface area contributed by atoms with E-state index in [4.69, 9.17) is 9.97 Å². The second-order valence-corrected chi connectivity index (χ2v) is 13.8. The number of aromatic nitrogens is 4. The molecular weight excluding hydrogens is 657 g/mol. The molecule has 0 bridgehead atoms. The molecule has 11 aromatic rings. The lowest BCUT2D eigenvalue weighted by molar-refractivity contribution is 1.02. The van der Waals surface area contributed by atoms with Crippen LogP contribution in [0.4, 0.5) is 0 Å². The van der Waals surface area contributed by atoms with Crippen molar-refractivity contribution in [3.63, 3.8) is 0 Å². The molecule has 4 nitrogen and oxygen atoms in total. The Labute approximate surface area is 311 Å². The summed E-state index contributed by atoms with van der Waals surface area (Å²) in [6, 6.07) is 69.0. The minimum atomic E-state index is 0.651. The summed E-state index contributed by atoms with van der Waals surface area (Å²) < 4.78 is 4.68. The van der Waals surface area contributed by atoms with Gasteiger partial charge in [0.1, 0.15) is 0 Å². The lowest BCUT2D eigenvalue weighted by Crippen LogP contribution is -2.03. The van der Waals surface area contributed by atoms with Crippen molar-refractivity contribution in [2.75, 3.05) is 0 Å². The van der Waals surface area contributed by atoms with Crippen LogP contribution in [-0.4, -0.2) is 19.1 Å². The molecular formula is C50H32N4. The van der Waals surface area contributed by atoms with Crippen LogP contribution < -0.4 is 0 Å². The molecule has 0 unspecified atom stereocenters. The summed E-state index contributed by atoms with van der Waals surface area (Å²) >= 11 is 0. The van der Waals surface area contributed by atoms with E-state index in [1.54, 1.807) is 0 Å². The summed E-state index contributed by atoms with van der Waals surface area (Å²) in [7, 11) is 0. The van der Waals surface area contributed by atoms with Gasteiger partial charge in [0.25, 0.3) is 0 Å². The van der Waals surface area contributed by atoms with Gasteiger partial charge in [-0.1, -0.05) is 158 Å². The lowest BCUT2D eigenvalue weighted by Gasteiger charge is -2.13. The van der Waals surface area contributed by atoms with Crippen molar-refractivity contribution in [3.8, 4) is 45.1 Å². The van der Waals surface area contributed by atoms with Gasteiger partial charge in [-0.25, -0.2) is 9.97 Å². The highest BCUT2D eigenvalue weighted by molar-refractivity contribution is 6.26. The molecule has 54 heavy (non-hydrogen) atoms. The Morgan fingerprint density at radius 1 is 0.315 bits per heavy atom. The van der Waals surface area contributed by atoms with Gasteiger partial charge < -0.3 is 4.57 Å². The van der Waals surface area contributed by atoms with E-state index in [1.165, 1.54) is 43.8 Å². The Bertz CT molecular complexity index is 3170. The molecule has 3 aromatic heterocycles. The first-order chi connectivity index (χ1) is 26.8. The van der Waals surface area contributed by atoms with Gasteiger partial charge in [0.05, 0.1) is 33.3 Å². The van der Waals surface area contributed by atoms with E-state index in [0.29, 0.717) is 5.95 Å². The van der Waals surface area contributed by atoms with Crippen molar-refractivity contribution in [1.82, 2.24) is 19.1 Å². The number of para-hydroxylation sites is 3. The van der Waals surface area contributed by atoms with Crippen molar-refractivity contribution in [3.05, 3.63) is 194 Å². The third kappa shape index (κ3) is 4.70. The molecule has 4 heteroatoms. The Balaban J connectivity index is 1.18. The van der Waals surface area contributed by atoms with Gasteiger partial charge in [0, 0.05) is 38.2 Å². The van der Waals surface area contributed by atoms with Crippen LogP contribution in [0.1, 0.15) is 0 Å². The Morgan fingerprint density at radius 2 is 0.833 bits per heavy atom. The van der Waals surface area contributed by atoms with Crippen LogP contribution in [0.25, 0.3) is 99.7 Å². The summed E-state index contributed by atoms with van der Waals surface area (Å²) in [6.07, 6.45) is 0. The molecule has 8 aromatic carbocycles. The number of benzene rings is 8. The summed E-state index contributed by atoms with van der Waals surface area (Å²) in [4.78, 5) is 10.8. The number of rotatable bonds is 5. The van der Waals surface area contributed by atoms with E-state index in [2.05, 4.69) is 203 Å². The predicted octanol–water partition coefficient (Wildman–Crippen LogP) is 12.8. The van der Waals surface area contributed by atoms with Gasteiger partial charge in [-0.2, -0.15) is 0 Å². The minimum Gasteiger partial charge on any atom is -0.309 e. The van der Waals surface area contributed by atoms with Gasteiger partial charge in [0.2, 0.25) is 5.95 Å². The van der Waals surface area contributed by atoms with Crippen molar-refractivity contribution in [2.45, 2.75) is 0 Å². The van der Waals surface area contributed by atoms with Crippen LogP contribution >= 0.6 is 0 Å². The zero-order valence-electron chi connectivity index (χ0n) is 29.3. The largest absolute Gasteiger partial charge is 0.309 e. The van der Waals surface area contributed by atoms with Crippen LogP contribution in [0.3, 0.4) is 0 Å². The first-order valence-corrected chi connectivity index (χ1v) is 18.3. The molecule has 0 saturated heterocycles. The smallest absolute Gasteiger partial charge is 0.235 e. The van der Waals surface area contributed by atoms with Crippen LogP contribution in [-0.2, 0) is 0 Å². The molecule has 0 fully saturated rings. The maximum absolute atomic E-state index is 5.45. The second kappa shape index (κ2) is 12.1. The summed E-state index contributed by atoms with van der Waals surface area (Å²) in [5.41, 5.74) is 13.2. The number of hydrogen-bond acceptors (Lipinski definition) is 2. The highest BCUT2D eigenvalue weighted by atomic mass is 15.2. The molecule has 0 saturated carbocycles. The van der Waals surface area contributed by atoms with Gasteiger partial charge in [-0.05, 0) is 58.7 Å². The monoisotopic (exact) mass is 688 g/mol. The highest BCUT2D eigenvalue weighted by Crippen LogP contribution is 2.42. The second-order valence-electron chi connectivity index (χ2n) is 13.8. The Kier molecular flexibility index (Phi) is 6.82. The zero-order chi connectivity index (χ0) is 35.6. The SMILES string of the molecule is c1ccc(-c2ccc(-c3nc(-n4c5ccccc5c5ccc6c(c7ccccc7n6-c6ccc(-c7ccccc7)cc6)c54)nc4ccccc34)cc2)cc1. The maximum atomic E-state index is 5.45. The third-order valence-corrected chi connectivity index (χ3v) is 10.8. The van der Waals surface area contributed by atoms with Crippen molar-refractivity contribution in [2.24, 2.45) is 0 Å². The molecule has 0 radical (unpaired) electrons. The molecule has 0 atom stereocenters. The van der Waals surface area contributed by atoms with E-state index in [9.17, 15) is 0 Å². The Hall–Kier alpha value is -7.30. The summed E-state index contributed by atoms with van der Waals surface area (Å²) in [5, 5.41) is 5.73. The lowest BCUT2D eigenvalue weighted by atomic mass is 10.0. The predicted molar refractivity (Wildman–Crippen MR) is 225 cm³/mol. The molecule has 0 N–H and O–H groups in total. The van der Waals surface area contributed by atoms with Gasteiger partial charge in [-0.3, -0.25) is 4.57 Å². The normalized spacial score (nSPS) is 11.7.